The van der Waals surface area contributed by atoms with Crippen molar-refractivity contribution in [3.05, 3.63) is 71.8 Å². The number of hydrogen-bond acceptors (Lipinski definition) is 3. The van der Waals surface area contributed by atoms with Crippen LogP contribution in [0.1, 0.15) is 28.8 Å². The number of ether oxygens (including phenoxy) is 2. The Morgan fingerprint density at radius 2 is 1.43 bits per heavy atom. The first-order chi connectivity index (χ1) is 10.2. The largest absolute Gasteiger partial charge is 0.349 e. The van der Waals surface area contributed by atoms with E-state index in [0.717, 1.165) is 5.56 Å². The van der Waals surface area contributed by atoms with E-state index in [1.165, 1.54) is 0 Å². The fourth-order valence-corrected chi connectivity index (χ4v) is 2.41. The van der Waals surface area contributed by atoms with E-state index in [0.29, 0.717) is 18.4 Å². The molecule has 0 aliphatic heterocycles. The molecule has 0 spiro atoms. The van der Waals surface area contributed by atoms with Gasteiger partial charge in [-0.15, -0.1) is 0 Å². The minimum absolute atomic E-state index is 0.0880. The maximum atomic E-state index is 12.2. The van der Waals surface area contributed by atoms with Gasteiger partial charge >= 0.3 is 0 Å². The van der Waals surface area contributed by atoms with Crippen LogP contribution < -0.4 is 0 Å². The molecule has 0 aromatic heterocycles. The molecule has 0 saturated heterocycles. The van der Waals surface area contributed by atoms with Crippen LogP contribution in [0.25, 0.3) is 0 Å². The van der Waals surface area contributed by atoms with Gasteiger partial charge in [0, 0.05) is 38.2 Å². The third-order valence-electron chi connectivity index (χ3n) is 3.65. The van der Waals surface area contributed by atoms with Crippen molar-refractivity contribution in [2.24, 2.45) is 0 Å². The molecule has 2 rings (SSSR count). The summed E-state index contributed by atoms with van der Waals surface area (Å²) in [5, 5.41) is 0. The van der Waals surface area contributed by atoms with Gasteiger partial charge in [-0.1, -0.05) is 60.7 Å². The van der Waals surface area contributed by atoms with E-state index in [2.05, 4.69) is 0 Å². The van der Waals surface area contributed by atoms with Crippen molar-refractivity contribution in [1.29, 1.82) is 0 Å². The lowest BCUT2D eigenvalue weighted by Gasteiger charge is -2.31. The fourth-order valence-electron chi connectivity index (χ4n) is 2.41. The molecule has 21 heavy (non-hydrogen) atoms. The molecule has 0 aliphatic rings. The van der Waals surface area contributed by atoms with Gasteiger partial charge in [-0.3, -0.25) is 4.79 Å². The van der Waals surface area contributed by atoms with Gasteiger partial charge in [-0.2, -0.15) is 0 Å². The van der Waals surface area contributed by atoms with E-state index in [1.54, 1.807) is 14.2 Å². The summed E-state index contributed by atoms with van der Waals surface area (Å²) in [5.74, 6) is -0.795. The molecule has 2 aromatic rings. The summed E-state index contributed by atoms with van der Waals surface area (Å²) >= 11 is 0. The number of methoxy groups -OCH3 is 2. The third-order valence-corrected chi connectivity index (χ3v) is 3.65. The number of carbonyl (C=O) groups is 1. The number of Topliss-reactive ketones (excluding diaryl/α,β-unsaturated/α-hetero) is 1. The van der Waals surface area contributed by atoms with Gasteiger partial charge in [0.15, 0.2) is 11.6 Å². The van der Waals surface area contributed by atoms with Gasteiger partial charge < -0.3 is 9.47 Å². The molecular weight excluding hydrogens is 264 g/mol. The van der Waals surface area contributed by atoms with Crippen LogP contribution in [0.3, 0.4) is 0 Å². The highest BCUT2D eigenvalue weighted by atomic mass is 16.7. The van der Waals surface area contributed by atoms with E-state index in [9.17, 15) is 4.79 Å². The molecule has 2 aromatic carbocycles. The zero-order chi connectivity index (χ0) is 15.1. The van der Waals surface area contributed by atoms with Crippen molar-refractivity contribution in [2.75, 3.05) is 14.2 Å². The SMILES string of the molecule is COC(CCC(=O)c1ccccc1)(OC)c1ccccc1. The summed E-state index contributed by atoms with van der Waals surface area (Å²) in [5.41, 5.74) is 1.63. The Morgan fingerprint density at radius 1 is 0.905 bits per heavy atom. The lowest BCUT2D eigenvalue weighted by atomic mass is 9.97. The first-order valence-corrected chi connectivity index (χ1v) is 6.96. The van der Waals surface area contributed by atoms with Crippen molar-refractivity contribution in [3.63, 3.8) is 0 Å². The Kier molecular flexibility index (Phi) is 5.26. The topological polar surface area (TPSA) is 35.5 Å². The highest BCUT2D eigenvalue weighted by Crippen LogP contribution is 2.31. The molecular formula is C18H20O3. The van der Waals surface area contributed by atoms with Crippen molar-refractivity contribution in [3.8, 4) is 0 Å². The van der Waals surface area contributed by atoms with Crippen LogP contribution in [0.2, 0.25) is 0 Å². The lowest BCUT2D eigenvalue weighted by molar-refractivity contribution is -0.219. The Balaban J connectivity index is 2.13. The number of rotatable bonds is 7. The molecule has 0 heterocycles. The Labute approximate surface area is 125 Å². The predicted octanol–water partition coefficient (Wildman–Crippen LogP) is 3.80. The maximum Gasteiger partial charge on any atom is 0.194 e. The van der Waals surface area contributed by atoms with Gasteiger partial charge in [-0.25, -0.2) is 0 Å². The molecule has 0 N–H and O–H groups in total. The van der Waals surface area contributed by atoms with Crippen LogP contribution >= 0.6 is 0 Å². The Hall–Kier alpha value is -1.97. The van der Waals surface area contributed by atoms with Crippen LogP contribution in [0.4, 0.5) is 0 Å². The minimum Gasteiger partial charge on any atom is -0.349 e. The normalized spacial score (nSPS) is 11.3. The fraction of sp³-hybridized carbons (Fsp3) is 0.278. The van der Waals surface area contributed by atoms with E-state index < -0.39 is 5.79 Å². The van der Waals surface area contributed by atoms with Crippen molar-refractivity contribution >= 4 is 5.78 Å². The third kappa shape index (κ3) is 3.57. The Morgan fingerprint density at radius 3 is 1.95 bits per heavy atom. The molecule has 3 nitrogen and oxygen atoms in total. The maximum absolute atomic E-state index is 12.2. The van der Waals surface area contributed by atoms with Crippen molar-refractivity contribution in [2.45, 2.75) is 18.6 Å². The monoisotopic (exact) mass is 284 g/mol. The van der Waals surface area contributed by atoms with Crippen molar-refractivity contribution in [1.82, 2.24) is 0 Å². The van der Waals surface area contributed by atoms with Gasteiger partial charge in [0.2, 0.25) is 0 Å². The van der Waals surface area contributed by atoms with E-state index in [1.807, 2.05) is 60.7 Å². The zero-order valence-corrected chi connectivity index (χ0v) is 12.4. The van der Waals surface area contributed by atoms with Crippen LogP contribution in [0.5, 0.6) is 0 Å². The standard InChI is InChI=1S/C18H20O3/c1-20-18(21-2,16-11-7-4-8-12-16)14-13-17(19)15-9-5-3-6-10-15/h3-12H,13-14H2,1-2H3. The quantitative estimate of drug-likeness (QED) is 0.573. The molecule has 0 bridgehead atoms. The van der Waals surface area contributed by atoms with Gasteiger partial charge in [0.05, 0.1) is 0 Å². The van der Waals surface area contributed by atoms with E-state index >= 15 is 0 Å². The summed E-state index contributed by atoms with van der Waals surface area (Å²) in [6.45, 7) is 0. The summed E-state index contributed by atoms with van der Waals surface area (Å²) in [4.78, 5) is 12.2. The summed E-state index contributed by atoms with van der Waals surface area (Å²) in [6.07, 6.45) is 0.832. The molecule has 0 aliphatic carbocycles. The summed E-state index contributed by atoms with van der Waals surface area (Å²) < 4.78 is 11.2. The number of benzene rings is 2. The average Bonchev–Trinajstić information content (AvgIpc) is 2.58. The molecule has 0 unspecified atom stereocenters. The van der Waals surface area contributed by atoms with Crippen LogP contribution in [-0.4, -0.2) is 20.0 Å². The van der Waals surface area contributed by atoms with Crippen molar-refractivity contribution < 1.29 is 14.3 Å². The highest BCUT2D eigenvalue weighted by molar-refractivity contribution is 5.96. The number of hydrogen-bond donors (Lipinski definition) is 0. The number of carbonyl (C=O) groups excluding carboxylic acids is 1. The van der Waals surface area contributed by atoms with Crippen LogP contribution in [-0.2, 0) is 15.3 Å². The first-order valence-electron chi connectivity index (χ1n) is 6.96. The van der Waals surface area contributed by atoms with Gasteiger partial charge in [-0.05, 0) is 0 Å². The molecule has 0 fully saturated rings. The summed E-state index contributed by atoms with van der Waals surface area (Å²) in [6, 6.07) is 19.0. The molecule has 110 valence electrons. The molecule has 3 heteroatoms. The lowest BCUT2D eigenvalue weighted by Crippen LogP contribution is -2.31. The number of ketones is 1. The van der Waals surface area contributed by atoms with Gasteiger partial charge in [0.1, 0.15) is 0 Å². The zero-order valence-electron chi connectivity index (χ0n) is 12.4. The predicted molar refractivity (Wildman–Crippen MR) is 82.1 cm³/mol. The molecule has 0 saturated carbocycles. The molecule has 0 amide bonds. The van der Waals surface area contributed by atoms with Crippen LogP contribution in [0.15, 0.2) is 60.7 Å². The summed E-state index contributed by atoms with van der Waals surface area (Å²) in [7, 11) is 3.20. The minimum atomic E-state index is -0.883. The smallest absolute Gasteiger partial charge is 0.194 e. The Bertz CT molecular complexity index is 560. The second-order valence-electron chi connectivity index (χ2n) is 4.82. The first kappa shape index (κ1) is 15.4. The second kappa shape index (κ2) is 7.16. The van der Waals surface area contributed by atoms with E-state index in [-0.39, 0.29) is 5.78 Å². The van der Waals surface area contributed by atoms with Gasteiger partial charge in [0.25, 0.3) is 0 Å². The second-order valence-corrected chi connectivity index (χ2v) is 4.82. The van der Waals surface area contributed by atoms with E-state index in [4.69, 9.17) is 9.47 Å². The highest BCUT2D eigenvalue weighted by Gasteiger charge is 2.32. The van der Waals surface area contributed by atoms with Crippen LogP contribution in [0, 0.1) is 0 Å². The average molecular weight is 284 g/mol. The molecule has 0 atom stereocenters. The molecule has 0 radical (unpaired) electrons.